The van der Waals surface area contributed by atoms with E-state index >= 15 is 0 Å². The maximum absolute atomic E-state index is 12.0. The number of hydrogen-bond acceptors (Lipinski definition) is 3. The van der Waals surface area contributed by atoms with Gasteiger partial charge in [-0.15, -0.1) is 0 Å². The molecular formula is C14H28O3. The Labute approximate surface area is 106 Å². The van der Waals surface area contributed by atoms with Gasteiger partial charge < -0.3 is 9.47 Å². The van der Waals surface area contributed by atoms with E-state index in [1.807, 2.05) is 27.7 Å². The van der Waals surface area contributed by atoms with Gasteiger partial charge in [-0.05, 0) is 32.6 Å². The monoisotopic (exact) mass is 244 g/mol. The first-order valence-electron chi connectivity index (χ1n) is 6.45. The fourth-order valence-corrected chi connectivity index (χ4v) is 1.24. The Morgan fingerprint density at radius 1 is 1.12 bits per heavy atom. The zero-order valence-corrected chi connectivity index (χ0v) is 12.4. The summed E-state index contributed by atoms with van der Waals surface area (Å²) in [7, 11) is 0. The first-order valence-corrected chi connectivity index (χ1v) is 6.45. The Morgan fingerprint density at radius 2 is 1.65 bits per heavy atom. The highest BCUT2D eigenvalue weighted by Gasteiger charge is 2.31. The molecule has 0 aliphatic carbocycles. The largest absolute Gasteiger partial charge is 0.435 e. The third-order valence-electron chi connectivity index (χ3n) is 2.81. The second-order valence-electron chi connectivity index (χ2n) is 6.29. The van der Waals surface area contributed by atoms with Gasteiger partial charge in [0.25, 0.3) is 0 Å². The molecule has 0 aromatic heterocycles. The van der Waals surface area contributed by atoms with E-state index < -0.39 is 11.7 Å². The number of hydrogen-bond donors (Lipinski definition) is 0. The maximum atomic E-state index is 12.0. The normalized spacial score (nSPS) is 14.5. The van der Waals surface area contributed by atoms with E-state index in [2.05, 4.69) is 20.8 Å². The molecule has 3 nitrogen and oxygen atoms in total. The predicted molar refractivity (Wildman–Crippen MR) is 69.7 cm³/mol. The summed E-state index contributed by atoms with van der Waals surface area (Å²) >= 11 is 0. The van der Waals surface area contributed by atoms with Gasteiger partial charge in [0.2, 0.25) is 6.29 Å². The van der Waals surface area contributed by atoms with Crippen molar-refractivity contribution in [2.75, 3.05) is 6.61 Å². The Kier molecular flexibility index (Phi) is 6.17. The Morgan fingerprint density at radius 3 is 2.00 bits per heavy atom. The van der Waals surface area contributed by atoms with E-state index in [9.17, 15) is 4.79 Å². The summed E-state index contributed by atoms with van der Waals surface area (Å²) in [6.45, 7) is 14.6. The molecule has 0 radical (unpaired) electrons. The van der Waals surface area contributed by atoms with Gasteiger partial charge in [0, 0.05) is 13.0 Å². The molecule has 0 amide bonds. The van der Waals surface area contributed by atoms with Gasteiger partial charge >= 0.3 is 5.97 Å². The van der Waals surface area contributed by atoms with E-state index in [0.29, 0.717) is 13.0 Å². The van der Waals surface area contributed by atoms with E-state index in [4.69, 9.17) is 9.47 Å². The molecule has 17 heavy (non-hydrogen) atoms. The number of carbonyl (C=O) groups excluding carboxylic acids is 1. The van der Waals surface area contributed by atoms with Crippen LogP contribution in [0.1, 0.15) is 61.3 Å². The third-order valence-corrected chi connectivity index (χ3v) is 2.81. The maximum Gasteiger partial charge on any atom is 0.313 e. The molecule has 0 N–H and O–H groups in total. The Hall–Kier alpha value is -0.570. The quantitative estimate of drug-likeness (QED) is 0.527. The predicted octanol–water partition coefficient (Wildman–Crippen LogP) is 3.76. The molecule has 3 heteroatoms. The minimum absolute atomic E-state index is 0.0798. The zero-order chi connectivity index (χ0) is 13.7. The Bertz CT molecular complexity index is 238. The van der Waals surface area contributed by atoms with Crippen LogP contribution >= 0.6 is 0 Å². The summed E-state index contributed by atoms with van der Waals surface area (Å²) in [6, 6.07) is 0. The SMILES string of the molecule is CCOC(CC(C)(C)C)OC(=O)C(C)(C)CC. The van der Waals surface area contributed by atoms with Gasteiger partial charge in [-0.3, -0.25) is 4.79 Å². The van der Waals surface area contributed by atoms with Crippen LogP contribution in [0.25, 0.3) is 0 Å². The van der Waals surface area contributed by atoms with Crippen LogP contribution in [0, 0.1) is 10.8 Å². The zero-order valence-electron chi connectivity index (χ0n) is 12.4. The lowest BCUT2D eigenvalue weighted by atomic mass is 9.90. The summed E-state index contributed by atoms with van der Waals surface area (Å²) < 4.78 is 10.9. The van der Waals surface area contributed by atoms with Gasteiger partial charge in [-0.1, -0.05) is 27.7 Å². The van der Waals surface area contributed by atoms with Crippen LogP contribution in [0.3, 0.4) is 0 Å². The fraction of sp³-hybridized carbons (Fsp3) is 0.929. The Balaban J connectivity index is 4.50. The van der Waals surface area contributed by atoms with E-state index in [0.717, 1.165) is 6.42 Å². The van der Waals surface area contributed by atoms with Crippen LogP contribution in [0.4, 0.5) is 0 Å². The summed E-state index contributed by atoms with van der Waals surface area (Å²) in [5, 5.41) is 0. The highest BCUT2D eigenvalue weighted by Crippen LogP contribution is 2.27. The molecule has 0 aliphatic rings. The first-order chi connectivity index (χ1) is 7.62. The summed E-state index contributed by atoms with van der Waals surface area (Å²) in [4.78, 5) is 12.0. The highest BCUT2D eigenvalue weighted by molar-refractivity contribution is 5.75. The molecule has 0 spiro atoms. The van der Waals surface area contributed by atoms with E-state index in [1.165, 1.54) is 0 Å². The average molecular weight is 244 g/mol. The number of carbonyl (C=O) groups is 1. The molecule has 0 saturated carbocycles. The van der Waals surface area contributed by atoms with Crippen molar-refractivity contribution >= 4 is 5.97 Å². The smallest absolute Gasteiger partial charge is 0.313 e. The molecule has 0 aromatic carbocycles. The van der Waals surface area contributed by atoms with Crippen molar-refractivity contribution in [1.29, 1.82) is 0 Å². The molecule has 0 fully saturated rings. The van der Waals surface area contributed by atoms with Crippen molar-refractivity contribution in [3.63, 3.8) is 0 Å². The molecule has 1 unspecified atom stereocenters. The van der Waals surface area contributed by atoms with Crippen LogP contribution in [-0.4, -0.2) is 18.9 Å². The summed E-state index contributed by atoms with van der Waals surface area (Å²) in [6.07, 6.45) is 1.05. The van der Waals surface area contributed by atoms with Gasteiger partial charge in [0.1, 0.15) is 0 Å². The minimum Gasteiger partial charge on any atom is -0.435 e. The number of esters is 1. The summed E-state index contributed by atoms with van der Waals surface area (Å²) in [5.74, 6) is -0.178. The molecule has 1 atom stereocenters. The van der Waals surface area contributed by atoms with Crippen LogP contribution in [0.15, 0.2) is 0 Å². The lowest BCUT2D eigenvalue weighted by Crippen LogP contribution is -2.33. The molecule has 0 rings (SSSR count). The molecule has 0 heterocycles. The lowest BCUT2D eigenvalue weighted by molar-refractivity contribution is -0.193. The molecule has 0 saturated heterocycles. The van der Waals surface area contributed by atoms with Crippen molar-refractivity contribution in [2.45, 2.75) is 67.6 Å². The van der Waals surface area contributed by atoms with Gasteiger partial charge in [0.15, 0.2) is 0 Å². The lowest BCUT2D eigenvalue weighted by Gasteiger charge is -2.29. The summed E-state index contributed by atoms with van der Waals surface area (Å²) in [5.41, 5.74) is -0.357. The third kappa shape index (κ3) is 6.67. The second-order valence-corrected chi connectivity index (χ2v) is 6.29. The van der Waals surface area contributed by atoms with Crippen molar-refractivity contribution < 1.29 is 14.3 Å². The minimum atomic E-state index is -0.437. The molecule has 102 valence electrons. The van der Waals surface area contributed by atoms with Crippen molar-refractivity contribution in [3.8, 4) is 0 Å². The van der Waals surface area contributed by atoms with Crippen LogP contribution < -0.4 is 0 Å². The number of ether oxygens (including phenoxy) is 2. The van der Waals surface area contributed by atoms with Gasteiger partial charge in [-0.25, -0.2) is 0 Å². The standard InChI is InChI=1S/C14H28O3/c1-8-14(6,7)12(15)17-11(16-9-2)10-13(3,4)5/h11H,8-10H2,1-7H3. The van der Waals surface area contributed by atoms with E-state index in [-0.39, 0.29) is 11.4 Å². The van der Waals surface area contributed by atoms with Crippen LogP contribution in [0.2, 0.25) is 0 Å². The van der Waals surface area contributed by atoms with Crippen molar-refractivity contribution in [2.24, 2.45) is 10.8 Å². The molecule has 0 aliphatic heterocycles. The second kappa shape index (κ2) is 6.39. The average Bonchev–Trinajstić information content (AvgIpc) is 2.15. The molecular weight excluding hydrogens is 216 g/mol. The van der Waals surface area contributed by atoms with Gasteiger partial charge in [0.05, 0.1) is 5.41 Å². The van der Waals surface area contributed by atoms with Gasteiger partial charge in [-0.2, -0.15) is 0 Å². The van der Waals surface area contributed by atoms with Crippen molar-refractivity contribution in [1.82, 2.24) is 0 Å². The van der Waals surface area contributed by atoms with Crippen molar-refractivity contribution in [3.05, 3.63) is 0 Å². The van der Waals surface area contributed by atoms with E-state index in [1.54, 1.807) is 0 Å². The highest BCUT2D eigenvalue weighted by atomic mass is 16.7. The van der Waals surface area contributed by atoms with Crippen LogP contribution in [-0.2, 0) is 14.3 Å². The number of rotatable bonds is 6. The molecule has 0 bridgehead atoms. The molecule has 0 aromatic rings. The van der Waals surface area contributed by atoms with Crippen LogP contribution in [0.5, 0.6) is 0 Å². The topological polar surface area (TPSA) is 35.5 Å². The first kappa shape index (κ1) is 16.4. The fourth-order valence-electron chi connectivity index (χ4n) is 1.24.